The second kappa shape index (κ2) is 5.44. The van der Waals surface area contributed by atoms with Crippen LogP contribution in [0.25, 0.3) is 0 Å². The molecule has 0 amide bonds. The molecule has 1 fully saturated rings. The molecular weight excluding hydrogens is 218 g/mol. The smallest absolute Gasteiger partial charge is 0.127 e. The van der Waals surface area contributed by atoms with Crippen LogP contribution in [-0.4, -0.2) is 46.9 Å². The Hall–Kier alpha value is -1.17. The summed E-state index contributed by atoms with van der Waals surface area (Å²) in [6.07, 6.45) is 1.60. The number of nitrogen functional groups attached to an aromatic ring is 1. The van der Waals surface area contributed by atoms with Crippen LogP contribution in [-0.2, 0) is 11.3 Å². The molecule has 2 atom stereocenters. The van der Waals surface area contributed by atoms with Gasteiger partial charge in [-0.3, -0.25) is 4.90 Å². The van der Waals surface area contributed by atoms with Gasteiger partial charge >= 0.3 is 0 Å². The van der Waals surface area contributed by atoms with Gasteiger partial charge in [0.15, 0.2) is 0 Å². The molecule has 94 valence electrons. The molecule has 0 aliphatic carbocycles. The summed E-state index contributed by atoms with van der Waals surface area (Å²) >= 11 is 0. The molecule has 2 heterocycles. The van der Waals surface area contributed by atoms with Crippen LogP contribution in [0.4, 0.5) is 5.82 Å². The van der Waals surface area contributed by atoms with Crippen LogP contribution in [0, 0.1) is 0 Å². The Bertz CT molecular complexity index is 373. The maximum Gasteiger partial charge on any atom is 0.127 e. The van der Waals surface area contributed by atoms with Crippen LogP contribution in [0.15, 0.2) is 18.3 Å². The Labute approximate surface area is 101 Å². The first-order valence-electron chi connectivity index (χ1n) is 5.86. The minimum atomic E-state index is -0.0934. The molecule has 5 nitrogen and oxygen atoms in total. The quantitative estimate of drug-likeness (QED) is 0.788. The van der Waals surface area contributed by atoms with Gasteiger partial charge in [-0.25, -0.2) is 4.98 Å². The lowest BCUT2D eigenvalue weighted by Gasteiger charge is -2.37. The van der Waals surface area contributed by atoms with Crippen molar-refractivity contribution in [2.24, 2.45) is 0 Å². The number of aliphatic hydroxyl groups is 1. The Morgan fingerprint density at radius 3 is 3.18 bits per heavy atom. The average molecular weight is 237 g/mol. The monoisotopic (exact) mass is 237 g/mol. The van der Waals surface area contributed by atoms with Crippen molar-refractivity contribution in [2.75, 3.05) is 25.5 Å². The van der Waals surface area contributed by atoms with Crippen molar-refractivity contribution in [1.29, 1.82) is 0 Å². The number of pyridine rings is 1. The molecule has 1 saturated heterocycles. The van der Waals surface area contributed by atoms with Crippen LogP contribution in [0.3, 0.4) is 0 Å². The van der Waals surface area contributed by atoms with Gasteiger partial charge in [-0.05, 0) is 13.0 Å². The molecule has 0 saturated carbocycles. The van der Waals surface area contributed by atoms with Gasteiger partial charge in [0.05, 0.1) is 19.3 Å². The minimum absolute atomic E-state index is 0.0613. The van der Waals surface area contributed by atoms with Crippen LogP contribution < -0.4 is 5.73 Å². The van der Waals surface area contributed by atoms with E-state index < -0.39 is 0 Å². The molecule has 2 rings (SSSR count). The van der Waals surface area contributed by atoms with Crippen molar-refractivity contribution in [3.8, 4) is 0 Å². The molecule has 0 spiro atoms. The third kappa shape index (κ3) is 2.94. The van der Waals surface area contributed by atoms with E-state index in [0.29, 0.717) is 18.5 Å². The van der Waals surface area contributed by atoms with E-state index in [-0.39, 0.29) is 12.7 Å². The maximum absolute atomic E-state index is 9.13. The normalized spacial score (nSPS) is 26.0. The Kier molecular flexibility index (Phi) is 3.93. The van der Waals surface area contributed by atoms with E-state index in [0.717, 1.165) is 18.7 Å². The molecule has 3 N–H and O–H groups in total. The van der Waals surface area contributed by atoms with Gasteiger partial charge in [-0.15, -0.1) is 0 Å². The number of nitrogens with zero attached hydrogens (tertiary/aromatic N) is 2. The van der Waals surface area contributed by atoms with Gasteiger partial charge < -0.3 is 15.6 Å². The highest BCUT2D eigenvalue weighted by Crippen LogP contribution is 2.17. The van der Waals surface area contributed by atoms with Crippen molar-refractivity contribution >= 4 is 5.82 Å². The molecule has 5 heteroatoms. The van der Waals surface area contributed by atoms with Gasteiger partial charge in [0.1, 0.15) is 5.82 Å². The Balaban J connectivity index is 2.04. The summed E-state index contributed by atoms with van der Waals surface area (Å²) in [5.74, 6) is 0.576. The lowest BCUT2D eigenvalue weighted by Crippen LogP contribution is -2.48. The molecule has 0 radical (unpaired) electrons. The van der Waals surface area contributed by atoms with Gasteiger partial charge in [0, 0.05) is 30.9 Å². The summed E-state index contributed by atoms with van der Waals surface area (Å²) in [5, 5.41) is 9.13. The van der Waals surface area contributed by atoms with Gasteiger partial charge in [-0.2, -0.15) is 0 Å². The van der Waals surface area contributed by atoms with Crippen molar-refractivity contribution in [2.45, 2.75) is 25.6 Å². The topological polar surface area (TPSA) is 71.6 Å². The van der Waals surface area contributed by atoms with Gasteiger partial charge in [-0.1, -0.05) is 6.07 Å². The summed E-state index contributed by atoms with van der Waals surface area (Å²) in [5.41, 5.74) is 6.86. The van der Waals surface area contributed by atoms with Crippen molar-refractivity contribution in [3.63, 3.8) is 0 Å². The largest absolute Gasteiger partial charge is 0.394 e. The molecule has 17 heavy (non-hydrogen) atoms. The second-order valence-electron chi connectivity index (χ2n) is 4.46. The van der Waals surface area contributed by atoms with Gasteiger partial charge in [0.2, 0.25) is 0 Å². The minimum Gasteiger partial charge on any atom is -0.394 e. The van der Waals surface area contributed by atoms with E-state index >= 15 is 0 Å². The molecule has 2 unspecified atom stereocenters. The Morgan fingerprint density at radius 2 is 2.47 bits per heavy atom. The first-order valence-corrected chi connectivity index (χ1v) is 5.86. The fourth-order valence-electron chi connectivity index (χ4n) is 2.01. The number of aromatic nitrogens is 1. The number of ether oxygens (including phenoxy) is 1. The second-order valence-corrected chi connectivity index (χ2v) is 4.46. The van der Waals surface area contributed by atoms with Crippen molar-refractivity contribution in [1.82, 2.24) is 9.88 Å². The molecule has 1 aromatic rings. The SMILES string of the molecule is CC1COC(CO)CN1Cc1cccnc1N. The Morgan fingerprint density at radius 1 is 1.65 bits per heavy atom. The van der Waals surface area contributed by atoms with E-state index in [1.807, 2.05) is 12.1 Å². The summed E-state index contributed by atoms with van der Waals surface area (Å²) in [4.78, 5) is 6.34. The number of anilines is 1. The van der Waals surface area contributed by atoms with Crippen molar-refractivity contribution in [3.05, 3.63) is 23.9 Å². The third-order valence-electron chi connectivity index (χ3n) is 3.14. The maximum atomic E-state index is 9.13. The average Bonchev–Trinajstić information content (AvgIpc) is 2.35. The third-order valence-corrected chi connectivity index (χ3v) is 3.14. The summed E-state index contributed by atoms with van der Waals surface area (Å²) in [6, 6.07) is 4.20. The standard InChI is InChI=1S/C12H19N3O2/c1-9-8-17-11(7-16)6-15(9)5-10-3-2-4-14-12(10)13/h2-4,9,11,16H,5-8H2,1H3,(H2,13,14). The zero-order valence-electron chi connectivity index (χ0n) is 10.0. The highest BCUT2D eigenvalue weighted by Gasteiger charge is 2.25. The molecule has 1 aliphatic heterocycles. The molecule has 1 aromatic heterocycles. The number of morpholine rings is 1. The molecule has 0 bridgehead atoms. The molecule has 0 aromatic carbocycles. The predicted octanol–water partition coefficient (Wildman–Crippen LogP) is 0.245. The van der Waals surface area contributed by atoms with E-state index in [9.17, 15) is 0 Å². The molecule has 1 aliphatic rings. The van der Waals surface area contributed by atoms with E-state index in [1.54, 1.807) is 6.20 Å². The predicted molar refractivity (Wildman–Crippen MR) is 65.3 cm³/mol. The summed E-state index contributed by atoms with van der Waals surface area (Å²) in [7, 11) is 0. The van der Waals surface area contributed by atoms with E-state index in [1.165, 1.54) is 0 Å². The van der Waals surface area contributed by atoms with Crippen LogP contribution >= 0.6 is 0 Å². The van der Waals surface area contributed by atoms with Gasteiger partial charge in [0.25, 0.3) is 0 Å². The highest BCUT2D eigenvalue weighted by atomic mass is 16.5. The number of nitrogens with two attached hydrogens (primary N) is 1. The number of aliphatic hydroxyl groups excluding tert-OH is 1. The zero-order valence-corrected chi connectivity index (χ0v) is 10.0. The van der Waals surface area contributed by atoms with E-state index in [2.05, 4.69) is 16.8 Å². The summed E-state index contributed by atoms with van der Waals surface area (Å²) in [6.45, 7) is 4.30. The highest BCUT2D eigenvalue weighted by molar-refractivity contribution is 5.38. The molecular formula is C12H19N3O2. The van der Waals surface area contributed by atoms with Crippen LogP contribution in [0.1, 0.15) is 12.5 Å². The van der Waals surface area contributed by atoms with Crippen LogP contribution in [0.2, 0.25) is 0 Å². The van der Waals surface area contributed by atoms with E-state index in [4.69, 9.17) is 15.6 Å². The first kappa shape index (κ1) is 12.3. The van der Waals surface area contributed by atoms with Crippen molar-refractivity contribution < 1.29 is 9.84 Å². The lowest BCUT2D eigenvalue weighted by molar-refractivity contribution is -0.0805. The van der Waals surface area contributed by atoms with Crippen LogP contribution in [0.5, 0.6) is 0 Å². The fraction of sp³-hybridized carbons (Fsp3) is 0.583. The zero-order chi connectivity index (χ0) is 12.3. The fourth-order valence-corrected chi connectivity index (χ4v) is 2.01. The lowest BCUT2D eigenvalue weighted by atomic mass is 10.1. The first-order chi connectivity index (χ1) is 8.20. The summed E-state index contributed by atoms with van der Waals surface area (Å²) < 4.78 is 5.50. The number of rotatable bonds is 3. The number of hydrogen-bond acceptors (Lipinski definition) is 5. The number of hydrogen-bond donors (Lipinski definition) is 2.